The van der Waals surface area contributed by atoms with Crippen LogP contribution in [0.1, 0.15) is 5.56 Å². The molecule has 6 nitrogen and oxygen atoms in total. The van der Waals surface area contributed by atoms with Gasteiger partial charge in [-0.1, -0.05) is 0 Å². The van der Waals surface area contributed by atoms with Crippen molar-refractivity contribution in [2.24, 2.45) is 0 Å². The maximum absolute atomic E-state index is 13.0. The zero-order chi connectivity index (χ0) is 14.9. The van der Waals surface area contributed by atoms with Crippen LogP contribution in [0.3, 0.4) is 0 Å². The number of hydrogen-bond donors (Lipinski definition) is 1. The molecule has 0 unspecified atom stereocenters. The lowest BCUT2D eigenvalue weighted by molar-refractivity contribution is -0.137. The minimum atomic E-state index is -4.53. The predicted molar refractivity (Wildman–Crippen MR) is 66.8 cm³/mol. The van der Waals surface area contributed by atoms with E-state index in [-0.39, 0.29) is 23.3 Å². The summed E-state index contributed by atoms with van der Waals surface area (Å²) in [5, 5.41) is 0. The standard InChI is InChI=1S/C11H11F3N6/c1-20(2)10-18-8(17-9(15)19-10)6-5-16-4-3-7(6)11(12,13)14/h3-5H,1-2H3,(H2,15,17,18,19). The van der Waals surface area contributed by atoms with E-state index in [0.717, 1.165) is 18.5 Å². The Morgan fingerprint density at radius 1 is 1.15 bits per heavy atom. The van der Waals surface area contributed by atoms with Gasteiger partial charge < -0.3 is 10.6 Å². The highest BCUT2D eigenvalue weighted by molar-refractivity contribution is 5.61. The zero-order valence-corrected chi connectivity index (χ0v) is 10.7. The van der Waals surface area contributed by atoms with Gasteiger partial charge in [0, 0.05) is 32.1 Å². The van der Waals surface area contributed by atoms with Gasteiger partial charge >= 0.3 is 6.18 Å². The number of pyridine rings is 1. The Balaban J connectivity index is 2.63. The largest absolute Gasteiger partial charge is 0.417 e. The first kappa shape index (κ1) is 14.0. The number of anilines is 2. The van der Waals surface area contributed by atoms with Gasteiger partial charge in [0.2, 0.25) is 11.9 Å². The van der Waals surface area contributed by atoms with Crippen LogP contribution < -0.4 is 10.6 Å². The Morgan fingerprint density at radius 3 is 2.45 bits per heavy atom. The number of rotatable bonds is 2. The van der Waals surface area contributed by atoms with Crippen molar-refractivity contribution in [1.82, 2.24) is 19.9 Å². The Kier molecular flexibility index (Phi) is 3.43. The van der Waals surface area contributed by atoms with Crippen LogP contribution >= 0.6 is 0 Å². The van der Waals surface area contributed by atoms with Crippen molar-refractivity contribution in [3.05, 3.63) is 24.0 Å². The van der Waals surface area contributed by atoms with Crippen molar-refractivity contribution < 1.29 is 13.2 Å². The lowest BCUT2D eigenvalue weighted by Crippen LogP contribution is -2.16. The first-order valence-electron chi connectivity index (χ1n) is 5.49. The smallest absolute Gasteiger partial charge is 0.368 e. The molecule has 106 valence electrons. The van der Waals surface area contributed by atoms with Crippen molar-refractivity contribution in [2.45, 2.75) is 6.18 Å². The van der Waals surface area contributed by atoms with E-state index in [0.29, 0.717) is 0 Å². The summed E-state index contributed by atoms with van der Waals surface area (Å²) in [6.45, 7) is 0. The number of nitrogens with zero attached hydrogens (tertiary/aromatic N) is 5. The van der Waals surface area contributed by atoms with Crippen molar-refractivity contribution in [1.29, 1.82) is 0 Å². The fourth-order valence-corrected chi connectivity index (χ4v) is 1.52. The molecule has 0 aliphatic carbocycles. The monoisotopic (exact) mass is 284 g/mol. The second-order valence-corrected chi connectivity index (χ2v) is 4.13. The molecule has 0 atom stereocenters. The van der Waals surface area contributed by atoms with Crippen molar-refractivity contribution in [2.75, 3.05) is 24.7 Å². The molecule has 0 fully saturated rings. The van der Waals surface area contributed by atoms with Gasteiger partial charge in [0.05, 0.1) is 5.56 Å². The van der Waals surface area contributed by atoms with Crippen LogP contribution in [-0.2, 0) is 6.18 Å². The number of nitrogens with two attached hydrogens (primary N) is 1. The fraction of sp³-hybridized carbons (Fsp3) is 0.273. The molecule has 0 aliphatic rings. The van der Waals surface area contributed by atoms with Crippen molar-refractivity contribution >= 4 is 11.9 Å². The molecule has 2 N–H and O–H groups in total. The van der Waals surface area contributed by atoms with E-state index in [9.17, 15) is 13.2 Å². The SMILES string of the molecule is CN(C)c1nc(N)nc(-c2cnccc2C(F)(F)F)n1. The van der Waals surface area contributed by atoms with Crippen LogP contribution in [0.25, 0.3) is 11.4 Å². The average Bonchev–Trinajstić information content (AvgIpc) is 2.37. The number of aromatic nitrogens is 4. The molecule has 0 saturated heterocycles. The molecule has 2 heterocycles. The summed E-state index contributed by atoms with van der Waals surface area (Å²) in [5.41, 5.74) is 4.39. The van der Waals surface area contributed by atoms with Crippen molar-refractivity contribution in [3.63, 3.8) is 0 Å². The Labute approximate surface area is 112 Å². The second-order valence-electron chi connectivity index (χ2n) is 4.13. The normalized spacial score (nSPS) is 11.4. The third kappa shape index (κ3) is 2.76. The maximum Gasteiger partial charge on any atom is 0.417 e. The molecule has 2 rings (SSSR count). The molecule has 0 amide bonds. The molecule has 9 heteroatoms. The van der Waals surface area contributed by atoms with Crippen LogP contribution in [0.5, 0.6) is 0 Å². The summed E-state index contributed by atoms with van der Waals surface area (Å²) in [6.07, 6.45) is -2.42. The van der Waals surface area contributed by atoms with Gasteiger partial charge in [-0.05, 0) is 6.07 Å². The van der Waals surface area contributed by atoms with E-state index < -0.39 is 11.7 Å². The first-order valence-corrected chi connectivity index (χ1v) is 5.49. The second kappa shape index (κ2) is 4.91. The van der Waals surface area contributed by atoms with E-state index in [2.05, 4.69) is 19.9 Å². The number of halogens is 3. The topological polar surface area (TPSA) is 80.8 Å². The number of alkyl halides is 3. The minimum absolute atomic E-state index is 0.157. The van der Waals surface area contributed by atoms with Gasteiger partial charge in [-0.3, -0.25) is 4.98 Å². The third-order valence-corrected chi connectivity index (χ3v) is 2.41. The average molecular weight is 284 g/mol. The Hall–Kier alpha value is -2.45. The molecule has 2 aromatic rings. The molecule has 0 saturated carbocycles. The Morgan fingerprint density at radius 2 is 1.85 bits per heavy atom. The van der Waals surface area contributed by atoms with Crippen molar-refractivity contribution in [3.8, 4) is 11.4 Å². The van der Waals surface area contributed by atoms with Crippen LogP contribution in [0.15, 0.2) is 18.5 Å². The van der Waals surface area contributed by atoms with Gasteiger partial charge in [0.1, 0.15) is 0 Å². The lowest BCUT2D eigenvalue weighted by Gasteiger charge is -2.14. The molecule has 0 spiro atoms. The maximum atomic E-state index is 13.0. The summed E-state index contributed by atoms with van der Waals surface area (Å²) in [7, 11) is 3.29. The van der Waals surface area contributed by atoms with Gasteiger partial charge in [0.25, 0.3) is 0 Å². The summed E-state index contributed by atoms with van der Waals surface area (Å²) in [4.78, 5) is 16.7. The van der Waals surface area contributed by atoms with E-state index in [1.54, 1.807) is 14.1 Å². The molecule has 0 bridgehead atoms. The van der Waals surface area contributed by atoms with E-state index in [1.807, 2.05) is 0 Å². The first-order chi connectivity index (χ1) is 9.29. The number of hydrogen-bond acceptors (Lipinski definition) is 6. The van der Waals surface area contributed by atoms with Gasteiger partial charge in [-0.25, -0.2) is 0 Å². The van der Waals surface area contributed by atoms with Crippen LogP contribution in [0, 0.1) is 0 Å². The Bertz CT molecular complexity index is 626. The highest BCUT2D eigenvalue weighted by atomic mass is 19.4. The number of nitrogen functional groups attached to an aromatic ring is 1. The van der Waals surface area contributed by atoms with Crippen LogP contribution in [0.2, 0.25) is 0 Å². The zero-order valence-electron chi connectivity index (χ0n) is 10.7. The van der Waals surface area contributed by atoms with Gasteiger partial charge in [-0.15, -0.1) is 0 Å². The summed E-state index contributed by atoms with van der Waals surface area (Å²) >= 11 is 0. The van der Waals surface area contributed by atoms with E-state index in [4.69, 9.17) is 5.73 Å². The summed E-state index contributed by atoms with van der Waals surface area (Å²) in [6, 6.07) is 0.866. The quantitative estimate of drug-likeness (QED) is 0.902. The van der Waals surface area contributed by atoms with Gasteiger partial charge in [0.15, 0.2) is 5.82 Å². The highest BCUT2D eigenvalue weighted by Crippen LogP contribution is 2.35. The minimum Gasteiger partial charge on any atom is -0.368 e. The fourth-order valence-electron chi connectivity index (χ4n) is 1.52. The summed E-state index contributed by atoms with van der Waals surface area (Å²) in [5.74, 6) is -0.151. The molecular formula is C11H11F3N6. The van der Waals surface area contributed by atoms with Crippen LogP contribution in [-0.4, -0.2) is 34.0 Å². The van der Waals surface area contributed by atoms with Crippen LogP contribution in [0.4, 0.5) is 25.1 Å². The van der Waals surface area contributed by atoms with E-state index >= 15 is 0 Å². The molecule has 0 aromatic carbocycles. The van der Waals surface area contributed by atoms with Gasteiger partial charge in [-0.2, -0.15) is 28.1 Å². The molecule has 0 aliphatic heterocycles. The molecule has 2 aromatic heterocycles. The highest BCUT2D eigenvalue weighted by Gasteiger charge is 2.34. The molecule has 20 heavy (non-hydrogen) atoms. The summed E-state index contributed by atoms with van der Waals surface area (Å²) < 4.78 is 38.9. The molecule has 0 radical (unpaired) electrons. The molecular weight excluding hydrogens is 273 g/mol. The predicted octanol–water partition coefficient (Wildman–Crippen LogP) is 1.60. The lowest BCUT2D eigenvalue weighted by atomic mass is 10.1. The van der Waals surface area contributed by atoms with E-state index in [1.165, 1.54) is 4.90 Å². The third-order valence-electron chi connectivity index (χ3n) is 2.41.